The van der Waals surface area contributed by atoms with E-state index >= 15 is 0 Å². The van der Waals surface area contributed by atoms with Crippen LogP contribution in [-0.2, 0) is 16.1 Å². The molecule has 9 heteroatoms. The molecular formula is C29H37F2N3O4. The molecule has 2 aromatic rings. The van der Waals surface area contributed by atoms with E-state index in [-0.39, 0.29) is 6.41 Å². The van der Waals surface area contributed by atoms with Crippen molar-refractivity contribution in [2.24, 2.45) is 0 Å². The Bertz CT molecular complexity index is 1050. The first-order valence-electron chi connectivity index (χ1n) is 12.1. The van der Waals surface area contributed by atoms with Gasteiger partial charge in [-0.1, -0.05) is 24.0 Å². The average molecular weight is 530 g/mol. The summed E-state index contributed by atoms with van der Waals surface area (Å²) in [5.74, 6) is 5.80. The molecular weight excluding hydrogens is 492 g/mol. The molecule has 0 aliphatic carbocycles. The number of hydroxylamine groups is 1. The van der Waals surface area contributed by atoms with Gasteiger partial charge in [-0.05, 0) is 81.7 Å². The Morgan fingerprint density at radius 3 is 2.00 bits per heavy atom. The highest BCUT2D eigenvalue weighted by Gasteiger charge is 2.41. The molecule has 0 saturated carbocycles. The quantitative estimate of drug-likeness (QED) is 0.155. The van der Waals surface area contributed by atoms with E-state index in [1.807, 2.05) is 12.1 Å². The zero-order chi connectivity index (χ0) is 28.6. The summed E-state index contributed by atoms with van der Waals surface area (Å²) in [6.45, 7) is 12.1. The van der Waals surface area contributed by atoms with Crippen LogP contribution in [0.15, 0.2) is 61.7 Å². The second kappa shape index (κ2) is 17.0. The van der Waals surface area contributed by atoms with E-state index < -0.39 is 24.0 Å². The summed E-state index contributed by atoms with van der Waals surface area (Å²) in [6.07, 6.45) is 0.0195. The van der Waals surface area contributed by atoms with Crippen molar-refractivity contribution in [2.45, 2.75) is 51.3 Å². The van der Waals surface area contributed by atoms with Gasteiger partial charge in [-0.3, -0.25) is 19.7 Å². The molecule has 0 spiro atoms. The Hall–Kier alpha value is -3.58. The monoisotopic (exact) mass is 529 g/mol. The van der Waals surface area contributed by atoms with Crippen LogP contribution in [0.1, 0.15) is 53.7 Å². The molecule has 206 valence electrons. The van der Waals surface area contributed by atoms with Crippen molar-refractivity contribution in [3.63, 3.8) is 0 Å². The van der Waals surface area contributed by atoms with Gasteiger partial charge >= 0.3 is 0 Å². The summed E-state index contributed by atoms with van der Waals surface area (Å²) in [5, 5.41) is 9.85. The minimum atomic E-state index is -2.73. The summed E-state index contributed by atoms with van der Waals surface area (Å²) in [4.78, 5) is 23.7. The first kappa shape index (κ1) is 32.4. The third-order valence-electron chi connectivity index (χ3n) is 6.19. The highest BCUT2D eigenvalue weighted by Crippen LogP contribution is 2.24. The molecule has 1 heterocycles. The fourth-order valence-electron chi connectivity index (χ4n) is 3.62. The number of carbonyl (C=O) groups is 2. The van der Waals surface area contributed by atoms with Crippen molar-refractivity contribution in [3.8, 4) is 11.8 Å². The topological polar surface area (TPSA) is 90.9 Å². The Morgan fingerprint density at radius 1 is 1.11 bits per heavy atom. The number of methoxy groups -OCH3 is 1. The number of amides is 2. The molecule has 1 fully saturated rings. The molecule has 0 aromatic heterocycles. The number of carbonyl (C=O) groups excluding carboxylic acids is 2. The number of nitrogens with zero attached hydrogens (tertiary/aromatic N) is 1. The van der Waals surface area contributed by atoms with Crippen molar-refractivity contribution in [2.75, 3.05) is 20.2 Å². The van der Waals surface area contributed by atoms with Crippen LogP contribution in [0, 0.1) is 11.8 Å². The summed E-state index contributed by atoms with van der Waals surface area (Å²) in [7, 11) is 1.21. The molecule has 38 heavy (non-hydrogen) atoms. The van der Waals surface area contributed by atoms with Gasteiger partial charge in [0.2, 0.25) is 6.41 Å². The van der Waals surface area contributed by atoms with Crippen molar-refractivity contribution in [1.82, 2.24) is 15.7 Å². The number of benzene rings is 2. The molecule has 2 atom stereocenters. The van der Waals surface area contributed by atoms with Gasteiger partial charge in [-0.2, -0.15) is 0 Å². The number of alkyl halides is 2. The molecule has 2 unspecified atom stereocenters. The van der Waals surface area contributed by atoms with Gasteiger partial charge in [0.1, 0.15) is 5.60 Å². The maximum absolute atomic E-state index is 13.3. The van der Waals surface area contributed by atoms with E-state index in [0.29, 0.717) is 5.56 Å². The maximum Gasteiger partial charge on any atom is 0.268 e. The van der Waals surface area contributed by atoms with E-state index in [2.05, 4.69) is 47.3 Å². The predicted octanol–water partition coefficient (Wildman–Crippen LogP) is 4.39. The summed E-state index contributed by atoms with van der Waals surface area (Å²) >= 11 is 0. The first-order chi connectivity index (χ1) is 18.2. The SMILES string of the molecule is C=C.COC(C)(C(F)F)C(C)NC(=O)c1ccc(C#Cc2ccc(CN3CCCC3)cc2)cc1.O=CNO. The maximum atomic E-state index is 13.3. The van der Waals surface area contributed by atoms with Gasteiger partial charge in [0.05, 0.1) is 6.04 Å². The molecule has 2 amide bonds. The van der Waals surface area contributed by atoms with Crippen LogP contribution < -0.4 is 10.8 Å². The van der Waals surface area contributed by atoms with Crippen molar-refractivity contribution < 1.29 is 28.3 Å². The predicted molar refractivity (Wildman–Crippen MR) is 144 cm³/mol. The van der Waals surface area contributed by atoms with Crippen LogP contribution in [0.4, 0.5) is 8.78 Å². The standard InChI is InChI=1S/C26H30F2N2O2.C2H4.CH3NO2/c1-19(26(2,32-3)25(27)28)29-24(31)23-14-12-21(13-15-23)7-6-20-8-10-22(11-9-20)18-30-16-4-5-17-30;1-2;3-1-2-4/h8-15,19,25H,4-5,16-18H2,1-3H3,(H,29,31);1-2H2;1,4H,(H,2,3). The van der Waals surface area contributed by atoms with E-state index in [9.17, 15) is 13.6 Å². The van der Waals surface area contributed by atoms with Crippen LogP contribution in [0.2, 0.25) is 0 Å². The van der Waals surface area contributed by atoms with Gasteiger partial charge in [-0.15, -0.1) is 13.2 Å². The Balaban J connectivity index is 0.00000110. The molecule has 1 aliphatic rings. The lowest BCUT2D eigenvalue weighted by Crippen LogP contribution is -2.54. The Morgan fingerprint density at radius 2 is 1.58 bits per heavy atom. The Kier molecular flexibility index (Phi) is 14.5. The zero-order valence-electron chi connectivity index (χ0n) is 22.2. The number of rotatable bonds is 8. The lowest BCUT2D eigenvalue weighted by atomic mass is 9.97. The number of hydrogen-bond acceptors (Lipinski definition) is 5. The molecule has 0 bridgehead atoms. The molecule has 1 aliphatic heterocycles. The lowest BCUT2D eigenvalue weighted by Gasteiger charge is -2.33. The van der Waals surface area contributed by atoms with Crippen LogP contribution in [0.25, 0.3) is 0 Å². The summed E-state index contributed by atoms with van der Waals surface area (Å²) < 4.78 is 31.5. The van der Waals surface area contributed by atoms with E-state index in [1.165, 1.54) is 57.9 Å². The minimum absolute atomic E-state index is 0.181. The number of hydrogen-bond donors (Lipinski definition) is 3. The van der Waals surface area contributed by atoms with Gasteiger partial charge in [0.15, 0.2) is 0 Å². The number of nitrogens with one attached hydrogen (secondary N) is 2. The average Bonchev–Trinajstić information content (AvgIpc) is 3.46. The van der Waals surface area contributed by atoms with Crippen molar-refractivity contribution in [1.29, 1.82) is 0 Å². The highest BCUT2D eigenvalue weighted by molar-refractivity contribution is 5.94. The second-order valence-corrected chi connectivity index (χ2v) is 8.64. The minimum Gasteiger partial charge on any atom is -0.370 e. The normalized spacial score (nSPS) is 14.8. The third-order valence-corrected chi connectivity index (χ3v) is 6.19. The van der Waals surface area contributed by atoms with Crippen LogP contribution in [0.5, 0.6) is 0 Å². The molecule has 3 N–H and O–H groups in total. The van der Waals surface area contributed by atoms with Gasteiger partial charge in [0, 0.05) is 30.3 Å². The van der Waals surface area contributed by atoms with Crippen LogP contribution in [0.3, 0.4) is 0 Å². The third kappa shape index (κ3) is 10.1. The number of likely N-dealkylation sites (tertiary alicyclic amines) is 1. The lowest BCUT2D eigenvalue weighted by molar-refractivity contribution is -0.124. The molecule has 2 aromatic carbocycles. The summed E-state index contributed by atoms with van der Waals surface area (Å²) in [6, 6.07) is 14.2. The number of ether oxygens (including phenoxy) is 1. The fourth-order valence-corrected chi connectivity index (χ4v) is 3.62. The highest BCUT2D eigenvalue weighted by atomic mass is 19.3. The number of halogens is 2. The molecule has 3 rings (SSSR count). The zero-order valence-corrected chi connectivity index (χ0v) is 22.2. The Labute approximate surface area is 223 Å². The van der Waals surface area contributed by atoms with Crippen LogP contribution in [-0.4, -0.2) is 60.7 Å². The second-order valence-electron chi connectivity index (χ2n) is 8.64. The van der Waals surface area contributed by atoms with Crippen molar-refractivity contribution in [3.05, 3.63) is 83.9 Å². The van der Waals surface area contributed by atoms with Gasteiger partial charge in [0.25, 0.3) is 12.3 Å². The summed E-state index contributed by atoms with van der Waals surface area (Å²) in [5.41, 5.74) is 2.85. The van der Waals surface area contributed by atoms with Gasteiger partial charge in [-0.25, -0.2) is 14.3 Å². The van der Waals surface area contributed by atoms with Gasteiger partial charge < -0.3 is 10.1 Å². The fraction of sp³-hybridized carbons (Fsp3) is 0.379. The van der Waals surface area contributed by atoms with Crippen molar-refractivity contribution >= 4 is 12.3 Å². The van der Waals surface area contributed by atoms with E-state index in [0.717, 1.165) is 17.7 Å². The van der Waals surface area contributed by atoms with Crippen LogP contribution >= 0.6 is 0 Å². The van der Waals surface area contributed by atoms with E-state index in [4.69, 9.17) is 14.7 Å². The largest absolute Gasteiger partial charge is 0.370 e. The first-order valence-corrected chi connectivity index (χ1v) is 12.1. The van der Waals surface area contributed by atoms with E-state index in [1.54, 1.807) is 24.3 Å². The smallest absolute Gasteiger partial charge is 0.268 e. The molecule has 7 nitrogen and oxygen atoms in total. The molecule has 1 saturated heterocycles. The molecule has 0 radical (unpaired) electrons.